The standard InChI is InChI=1S/C13H16N4/c1-13(2)6-11(13)17-8-15-7-10(17)9-3-4-16-12(14)5-9/h3-5,7-8,11H,6H2,1-2H3,(H2,14,16). The molecule has 0 bridgehead atoms. The van der Waals surface area contributed by atoms with E-state index in [0.717, 1.165) is 11.3 Å². The smallest absolute Gasteiger partial charge is 0.123 e. The minimum atomic E-state index is 0.383. The number of imidazole rings is 1. The number of nitrogens with two attached hydrogens (primary N) is 1. The molecular weight excluding hydrogens is 212 g/mol. The fourth-order valence-corrected chi connectivity index (χ4v) is 2.30. The average Bonchev–Trinajstić information content (AvgIpc) is 2.75. The lowest BCUT2D eigenvalue weighted by atomic mass is 10.1. The molecule has 0 saturated heterocycles. The van der Waals surface area contributed by atoms with E-state index in [1.54, 1.807) is 6.20 Å². The first-order valence-corrected chi connectivity index (χ1v) is 5.82. The summed E-state index contributed by atoms with van der Waals surface area (Å²) in [6, 6.07) is 4.41. The van der Waals surface area contributed by atoms with Gasteiger partial charge < -0.3 is 10.3 Å². The van der Waals surface area contributed by atoms with Crippen LogP contribution in [0.15, 0.2) is 30.9 Å². The second kappa shape index (κ2) is 3.32. The molecule has 0 spiro atoms. The van der Waals surface area contributed by atoms with Gasteiger partial charge >= 0.3 is 0 Å². The van der Waals surface area contributed by atoms with Crippen molar-refractivity contribution in [3.8, 4) is 11.3 Å². The number of rotatable bonds is 2. The van der Waals surface area contributed by atoms with Crippen LogP contribution in [0.1, 0.15) is 26.3 Å². The zero-order chi connectivity index (χ0) is 12.0. The molecule has 0 aliphatic heterocycles. The van der Waals surface area contributed by atoms with Gasteiger partial charge in [-0.15, -0.1) is 0 Å². The summed E-state index contributed by atoms with van der Waals surface area (Å²) in [4.78, 5) is 8.27. The van der Waals surface area contributed by atoms with Gasteiger partial charge in [-0.3, -0.25) is 0 Å². The summed E-state index contributed by atoms with van der Waals surface area (Å²) in [5.74, 6) is 0.547. The van der Waals surface area contributed by atoms with Gasteiger partial charge in [-0.25, -0.2) is 9.97 Å². The predicted molar refractivity (Wildman–Crippen MR) is 67.3 cm³/mol. The highest BCUT2D eigenvalue weighted by Crippen LogP contribution is 2.56. The van der Waals surface area contributed by atoms with E-state index in [1.165, 1.54) is 6.42 Å². The molecule has 1 aliphatic carbocycles. The van der Waals surface area contributed by atoms with Gasteiger partial charge in [-0.1, -0.05) is 13.8 Å². The lowest BCUT2D eigenvalue weighted by Gasteiger charge is -2.10. The predicted octanol–water partition coefficient (Wildman–Crippen LogP) is 2.50. The fourth-order valence-electron chi connectivity index (χ4n) is 2.30. The minimum Gasteiger partial charge on any atom is -0.384 e. The number of hydrogen-bond acceptors (Lipinski definition) is 3. The SMILES string of the molecule is CC1(C)CC1n1cncc1-c1ccnc(N)c1. The van der Waals surface area contributed by atoms with E-state index in [4.69, 9.17) is 5.73 Å². The van der Waals surface area contributed by atoms with Crippen LogP contribution in [0.3, 0.4) is 0 Å². The van der Waals surface area contributed by atoms with Crippen LogP contribution in [0.5, 0.6) is 0 Å². The quantitative estimate of drug-likeness (QED) is 0.859. The number of anilines is 1. The van der Waals surface area contributed by atoms with Crippen molar-refractivity contribution in [2.24, 2.45) is 5.41 Å². The van der Waals surface area contributed by atoms with Crippen molar-refractivity contribution in [1.82, 2.24) is 14.5 Å². The van der Waals surface area contributed by atoms with Crippen LogP contribution in [0.2, 0.25) is 0 Å². The Bertz CT molecular complexity index is 556. The topological polar surface area (TPSA) is 56.7 Å². The van der Waals surface area contributed by atoms with Gasteiger partial charge in [-0.05, 0) is 24.0 Å². The molecule has 88 valence electrons. The first-order chi connectivity index (χ1) is 8.08. The fraction of sp³-hybridized carbons (Fsp3) is 0.385. The summed E-state index contributed by atoms with van der Waals surface area (Å²) in [7, 11) is 0. The third-order valence-corrected chi connectivity index (χ3v) is 3.54. The Balaban J connectivity index is 2.02. The lowest BCUT2D eigenvalue weighted by molar-refractivity contribution is 0.543. The maximum Gasteiger partial charge on any atom is 0.123 e. The summed E-state index contributed by atoms with van der Waals surface area (Å²) in [6.45, 7) is 4.56. The summed E-state index contributed by atoms with van der Waals surface area (Å²) >= 11 is 0. The molecule has 2 N–H and O–H groups in total. The van der Waals surface area contributed by atoms with E-state index in [1.807, 2.05) is 24.7 Å². The molecule has 1 atom stereocenters. The van der Waals surface area contributed by atoms with Gasteiger partial charge in [0.05, 0.1) is 18.2 Å². The monoisotopic (exact) mass is 228 g/mol. The molecule has 2 aromatic rings. The zero-order valence-corrected chi connectivity index (χ0v) is 10.1. The van der Waals surface area contributed by atoms with Crippen LogP contribution < -0.4 is 5.73 Å². The molecular formula is C13H16N4. The Morgan fingerprint density at radius 2 is 2.24 bits per heavy atom. The van der Waals surface area contributed by atoms with E-state index in [9.17, 15) is 0 Å². The maximum absolute atomic E-state index is 5.72. The molecule has 1 unspecified atom stereocenters. The van der Waals surface area contributed by atoms with Crippen LogP contribution in [0, 0.1) is 5.41 Å². The highest BCUT2D eigenvalue weighted by molar-refractivity contribution is 5.62. The molecule has 1 fully saturated rings. The van der Waals surface area contributed by atoms with Gasteiger partial charge in [0, 0.05) is 17.8 Å². The number of hydrogen-bond donors (Lipinski definition) is 1. The first-order valence-electron chi connectivity index (χ1n) is 5.82. The van der Waals surface area contributed by atoms with Gasteiger partial charge in [0.15, 0.2) is 0 Å². The van der Waals surface area contributed by atoms with Crippen molar-refractivity contribution in [1.29, 1.82) is 0 Å². The molecule has 1 saturated carbocycles. The summed E-state index contributed by atoms with van der Waals surface area (Å²) in [6.07, 6.45) is 6.74. The Morgan fingerprint density at radius 1 is 1.47 bits per heavy atom. The van der Waals surface area contributed by atoms with Crippen LogP contribution in [0.4, 0.5) is 5.82 Å². The van der Waals surface area contributed by atoms with Gasteiger partial charge in [0.2, 0.25) is 0 Å². The van der Waals surface area contributed by atoms with Crippen molar-refractivity contribution in [2.75, 3.05) is 5.73 Å². The second-order valence-corrected chi connectivity index (χ2v) is 5.36. The molecule has 1 aliphatic rings. The average molecular weight is 228 g/mol. The molecule has 0 aromatic carbocycles. The Hall–Kier alpha value is -1.84. The van der Waals surface area contributed by atoms with Crippen LogP contribution >= 0.6 is 0 Å². The van der Waals surface area contributed by atoms with E-state index >= 15 is 0 Å². The summed E-state index contributed by atoms with van der Waals surface area (Å²) in [5.41, 5.74) is 8.30. The third-order valence-electron chi connectivity index (χ3n) is 3.54. The Kier molecular flexibility index (Phi) is 2.02. The Morgan fingerprint density at radius 3 is 2.88 bits per heavy atom. The van der Waals surface area contributed by atoms with Gasteiger partial charge in [0.25, 0.3) is 0 Å². The van der Waals surface area contributed by atoms with Gasteiger partial charge in [0.1, 0.15) is 5.82 Å². The zero-order valence-electron chi connectivity index (χ0n) is 10.1. The largest absolute Gasteiger partial charge is 0.384 e. The van der Waals surface area contributed by atoms with Crippen molar-refractivity contribution >= 4 is 5.82 Å². The number of pyridine rings is 1. The molecule has 2 aromatic heterocycles. The Labute approximate surface area is 101 Å². The second-order valence-electron chi connectivity index (χ2n) is 5.36. The van der Waals surface area contributed by atoms with Crippen LogP contribution in [-0.2, 0) is 0 Å². The molecule has 0 amide bonds. The normalized spacial score (nSPS) is 21.4. The van der Waals surface area contributed by atoms with E-state index in [0.29, 0.717) is 17.3 Å². The van der Waals surface area contributed by atoms with E-state index in [2.05, 4.69) is 28.4 Å². The molecule has 4 heteroatoms. The summed E-state index contributed by atoms with van der Waals surface area (Å²) in [5, 5.41) is 0. The van der Waals surface area contributed by atoms with Crippen molar-refractivity contribution < 1.29 is 0 Å². The minimum absolute atomic E-state index is 0.383. The number of nitrogens with zero attached hydrogens (tertiary/aromatic N) is 3. The molecule has 0 radical (unpaired) electrons. The third kappa shape index (κ3) is 1.69. The molecule has 2 heterocycles. The van der Waals surface area contributed by atoms with E-state index in [-0.39, 0.29) is 0 Å². The van der Waals surface area contributed by atoms with Gasteiger partial charge in [-0.2, -0.15) is 0 Å². The van der Waals surface area contributed by atoms with Crippen molar-refractivity contribution in [2.45, 2.75) is 26.3 Å². The lowest BCUT2D eigenvalue weighted by Crippen LogP contribution is -2.01. The number of aromatic nitrogens is 3. The maximum atomic E-state index is 5.72. The van der Waals surface area contributed by atoms with Crippen LogP contribution in [0.25, 0.3) is 11.3 Å². The number of nitrogen functional groups attached to an aromatic ring is 1. The summed E-state index contributed by atoms with van der Waals surface area (Å²) < 4.78 is 2.24. The first kappa shape index (κ1) is 10.3. The highest BCUT2D eigenvalue weighted by Gasteiger charge is 2.47. The van der Waals surface area contributed by atoms with Crippen molar-refractivity contribution in [3.63, 3.8) is 0 Å². The van der Waals surface area contributed by atoms with Crippen molar-refractivity contribution in [3.05, 3.63) is 30.9 Å². The molecule has 17 heavy (non-hydrogen) atoms. The molecule has 4 nitrogen and oxygen atoms in total. The van der Waals surface area contributed by atoms with E-state index < -0.39 is 0 Å². The van der Waals surface area contributed by atoms with Crippen LogP contribution in [-0.4, -0.2) is 14.5 Å². The highest BCUT2D eigenvalue weighted by atomic mass is 15.1. The molecule has 3 rings (SSSR count).